The molecule has 2 aromatic heterocycles. The molecular formula is C13H16N3O2-. The highest BCUT2D eigenvalue weighted by Crippen LogP contribution is 2.22. The predicted molar refractivity (Wildman–Crippen MR) is 66.2 cm³/mol. The quantitative estimate of drug-likeness (QED) is 0.813. The number of hydrogen-bond donors (Lipinski definition) is 0. The fraction of sp³-hybridized carbons (Fsp3) is 0.462. The van der Waals surface area contributed by atoms with Crippen LogP contribution in [0.25, 0.3) is 11.0 Å². The van der Waals surface area contributed by atoms with Crippen LogP contribution in [0.3, 0.4) is 0 Å². The van der Waals surface area contributed by atoms with Crippen LogP contribution >= 0.6 is 0 Å². The molecule has 0 aliphatic rings. The minimum Gasteiger partial charge on any atom is -0.545 e. The van der Waals surface area contributed by atoms with Gasteiger partial charge in [-0.1, -0.05) is 13.3 Å². The molecule has 0 saturated carbocycles. The molecule has 0 aliphatic heterocycles. The van der Waals surface area contributed by atoms with Crippen molar-refractivity contribution in [3.8, 4) is 0 Å². The fourth-order valence-corrected chi connectivity index (χ4v) is 2.10. The monoisotopic (exact) mass is 246 g/mol. The zero-order valence-electron chi connectivity index (χ0n) is 10.9. The van der Waals surface area contributed by atoms with Crippen molar-refractivity contribution in [2.24, 2.45) is 0 Å². The molecule has 0 spiro atoms. The minimum absolute atomic E-state index is 0.178. The van der Waals surface area contributed by atoms with E-state index < -0.39 is 5.97 Å². The molecule has 5 nitrogen and oxygen atoms in total. The highest BCUT2D eigenvalue weighted by molar-refractivity contribution is 6.01. The van der Waals surface area contributed by atoms with Crippen molar-refractivity contribution in [1.29, 1.82) is 0 Å². The van der Waals surface area contributed by atoms with E-state index in [1.807, 2.05) is 0 Å². The highest BCUT2D eigenvalue weighted by atomic mass is 16.4. The van der Waals surface area contributed by atoms with Gasteiger partial charge in [0.15, 0.2) is 5.65 Å². The lowest BCUT2D eigenvalue weighted by molar-refractivity contribution is -0.254. The van der Waals surface area contributed by atoms with E-state index in [1.165, 1.54) is 6.07 Å². The van der Waals surface area contributed by atoms with Crippen molar-refractivity contribution in [3.05, 3.63) is 23.0 Å². The Kier molecular flexibility index (Phi) is 3.32. The summed E-state index contributed by atoms with van der Waals surface area (Å²) in [6, 6.07) is 1.54. The second-order valence-electron chi connectivity index (χ2n) is 4.46. The van der Waals surface area contributed by atoms with Crippen molar-refractivity contribution >= 4 is 17.0 Å². The number of aromatic nitrogens is 3. The Morgan fingerprint density at radius 2 is 2.17 bits per heavy atom. The van der Waals surface area contributed by atoms with Crippen LogP contribution in [0.15, 0.2) is 6.07 Å². The molecule has 2 aromatic rings. The van der Waals surface area contributed by atoms with Gasteiger partial charge in [-0.2, -0.15) is 5.10 Å². The summed E-state index contributed by atoms with van der Waals surface area (Å²) >= 11 is 0. The summed E-state index contributed by atoms with van der Waals surface area (Å²) in [5.74, 6) is -1.18. The van der Waals surface area contributed by atoms with Gasteiger partial charge in [0.25, 0.3) is 0 Å². The van der Waals surface area contributed by atoms with Gasteiger partial charge < -0.3 is 9.90 Å². The number of unbranched alkanes of at least 4 members (excludes halogenated alkanes) is 1. The maximum atomic E-state index is 11.2. The number of aryl methyl sites for hydroxylation is 3. The van der Waals surface area contributed by atoms with Gasteiger partial charge in [0, 0.05) is 17.8 Å². The maximum Gasteiger partial charge on any atom is 0.158 e. The normalized spacial score (nSPS) is 11.1. The van der Waals surface area contributed by atoms with E-state index in [2.05, 4.69) is 17.0 Å². The minimum atomic E-state index is -1.18. The first-order valence-electron chi connectivity index (χ1n) is 6.10. The average molecular weight is 246 g/mol. The molecule has 2 rings (SSSR count). The molecule has 0 aromatic carbocycles. The Labute approximate surface area is 105 Å². The van der Waals surface area contributed by atoms with Gasteiger partial charge in [-0.05, 0) is 26.3 Å². The molecule has 0 atom stereocenters. The summed E-state index contributed by atoms with van der Waals surface area (Å²) < 4.78 is 1.79. The van der Waals surface area contributed by atoms with Crippen molar-refractivity contribution < 1.29 is 9.90 Å². The van der Waals surface area contributed by atoms with Gasteiger partial charge in [-0.25, -0.2) is 9.67 Å². The van der Waals surface area contributed by atoms with Gasteiger partial charge in [0.1, 0.15) is 0 Å². The largest absolute Gasteiger partial charge is 0.545 e. The molecule has 0 fully saturated rings. The summed E-state index contributed by atoms with van der Waals surface area (Å²) in [5.41, 5.74) is 2.17. The molecule has 0 amide bonds. The molecule has 0 aliphatic carbocycles. The zero-order valence-corrected chi connectivity index (χ0v) is 10.9. The van der Waals surface area contributed by atoms with Crippen molar-refractivity contribution in [3.63, 3.8) is 0 Å². The number of rotatable bonds is 4. The van der Waals surface area contributed by atoms with Crippen LogP contribution in [0.1, 0.15) is 41.5 Å². The Morgan fingerprint density at radius 3 is 2.78 bits per heavy atom. The predicted octanol–water partition coefficient (Wildman–Crippen LogP) is 1.21. The van der Waals surface area contributed by atoms with E-state index >= 15 is 0 Å². The molecule has 0 bridgehead atoms. The van der Waals surface area contributed by atoms with Crippen LogP contribution < -0.4 is 5.11 Å². The lowest BCUT2D eigenvalue weighted by Crippen LogP contribution is -2.23. The Bertz CT molecular complexity index is 602. The first-order chi connectivity index (χ1) is 8.54. The molecule has 0 N–H and O–H groups in total. The van der Waals surface area contributed by atoms with Crippen LogP contribution in [0, 0.1) is 13.8 Å². The summed E-state index contributed by atoms with van der Waals surface area (Å²) in [5, 5.41) is 16.1. The van der Waals surface area contributed by atoms with E-state index in [0.717, 1.165) is 19.4 Å². The molecule has 2 heterocycles. The number of aromatic carboxylic acids is 1. The van der Waals surface area contributed by atoms with Crippen LogP contribution in [-0.2, 0) is 6.54 Å². The van der Waals surface area contributed by atoms with E-state index in [0.29, 0.717) is 22.4 Å². The van der Waals surface area contributed by atoms with E-state index in [4.69, 9.17) is 0 Å². The van der Waals surface area contributed by atoms with Crippen LogP contribution in [-0.4, -0.2) is 20.7 Å². The Hall–Kier alpha value is -1.91. The maximum absolute atomic E-state index is 11.2. The Balaban J connectivity index is 2.67. The molecule has 0 unspecified atom stereocenters. The van der Waals surface area contributed by atoms with Gasteiger partial charge in [-0.3, -0.25) is 0 Å². The van der Waals surface area contributed by atoms with Crippen LogP contribution in [0.2, 0.25) is 0 Å². The van der Waals surface area contributed by atoms with Crippen molar-refractivity contribution in [1.82, 2.24) is 14.8 Å². The number of carboxylic acids is 1. The lowest BCUT2D eigenvalue weighted by Gasteiger charge is -2.07. The van der Waals surface area contributed by atoms with E-state index in [9.17, 15) is 9.90 Å². The molecular weight excluding hydrogens is 230 g/mol. The molecule has 5 heteroatoms. The van der Waals surface area contributed by atoms with Crippen LogP contribution in [0.5, 0.6) is 0 Å². The number of carbonyl (C=O) groups is 1. The number of nitrogens with zero attached hydrogens (tertiary/aromatic N) is 3. The third-order valence-corrected chi connectivity index (χ3v) is 2.95. The van der Waals surface area contributed by atoms with Gasteiger partial charge in [-0.15, -0.1) is 0 Å². The SMILES string of the molecule is CCCCn1nc(C)c2c(C(=O)[O-])cc(C)nc21. The summed E-state index contributed by atoms with van der Waals surface area (Å²) in [6.45, 7) is 6.43. The number of carbonyl (C=O) groups excluding carboxylic acids is 1. The van der Waals surface area contributed by atoms with Crippen LogP contribution in [0.4, 0.5) is 0 Å². The van der Waals surface area contributed by atoms with E-state index in [1.54, 1.807) is 18.5 Å². The lowest BCUT2D eigenvalue weighted by atomic mass is 10.1. The number of hydrogen-bond acceptors (Lipinski definition) is 4. The zero-order chi connectivity index (χ0) is 13.3. The third-order valence-electron chi connectivity index (χ3n) is 2.95. The Morgan fingerprint density at radius 1 is 1.44 bits per heavy atom. The fourth-order valence-electron chi connectivity index (χ4n) is 2.10. The second kappa shape index (κ2) is 4.76. The summed E-state index contributed by atoms with van der Waals surface area (Å²) in [6.07, 6.45) is 2.05. The number of pyridine rings is 1. The molecule has 0 radical (unpaired) electrons. The first-order valence-corrected chi connectivity index (χ1v) is 6.10. The molecule has 0 saturated heterocycles. The summed E-state index contributed by atoms with van der Waals surface area (Å²) in [4.78, 5) is 15.6. The van der Waals surface area contributed by atoms with Gasteiger partial charge in [0.05, 0.1) is 17.0 Å². The van der Waals surface area contributed by atoms with E-state index in [-0.39, 0.29) is 5.56 Å². The first kappa shape index (κ1) is 12.5. The standard InChI is InChI=1S/C13H17N3O2/c1-4-5-6-16-12-11(9(3)15-16)10(13(17)18)7-8(2)14-12/h7H,4-6H2,1-3H3,(H,17,18)/p-1. The van der Waals surface area contributed by atoms with Gasteiger partial charge in [0.2, 0.25) is 0 Å². The van der Waals surface area contributed by atoms with Crippen molar-refractivity contribution in [2.75, 3.05) is 0 Å². The second-order valence-corrected chi connectivity index (χ2v) is 4.46. The number of carboxylic acid groups (broad SMARTS) is 1. The highest BCUT2D eigenvalue weighted by Gasteiger charge is 2.14. The third kappa shape index (κ3) is 2.08. The average Bonchev–Trinajstić information content (AvgIpc) is 2.62. The molecule has 18 heavy (non-hydrogen) atoms. The van der Waals surface area contributed by atoms with Crippen molar-refractivity contribution in [2.45, 2.75) is 40.2 Å². The van der Waals surface area contributed by atoms with Gasteiger partial charge >= 0.3 is 0 Å². The topological polar surface area (TPSA) is 70.8 Å². The summed E-state index contributed by atoms with van der Waals surface area (Å²) in [7, 11) is 0. The smallest absolute Gasteiger partial charge is 0.158 e. The number of fused-ring (bicyclic) bond motifs is 1. The molecule has 96 valence electrons.